The number of furan rings is 1. The highest BCUT2D eigenvalue weighted by Crippen LogP contribution is 2.56. The van der Waals surface area contributed by atoms with Crippen molar-refractivity contribution in [1.29, 1.82) is 0 Å². The molecule has 1 aromatic carbocycles. The molecule has 4 nitrogen and oxygen atoms in total. The van der Waals surface area contributed by atoms with Crippen LogP contribution < -0.4 is 5.73 Å². The number of aryl methyl sites for hydroxylation is 1. The molecule has 5 fully saturated rings. The van der Waals surface area contributed by atoms with Gasteiger partial charge in [0.25, 0.3) is 5.91 Å². The summed E-state index contributed by atoms with van der Waals surface area (Å²) in [5, 5.41) is 0. The van der Waals surface area contributed by atoms with Crippen LogP contribution in [0.25, 0.3) is 17.4 Å². The van der Waals surface area contributed by atoms with Crippen molar-refractivity contribution in [2.24, 2.45) is 29.4 Å². The Bertz CT molecular complexity index is 1130. The summed E-state index contributed by atoms with van der Waals surface area (Å²) in [7, 11) is 0. The topological polar surface area (TPSA) is 59.5 Å². The minimum atomic E-state index is -0.285. The standard InChI is InChI=1S/C27H29FN2O2S2.ClH/c28-21-5-3-17(4-6-21)22-13-18(2-1-7-29)23(32-22)14-24-26(31)30(27(33)34-24)25-19-9-15-8-16(11-19)12-20(25)10-15;/h3-6,13-16,19-20,25H,1-2,7-12,29H2;1H/b24-14-;. The third-order valence-corrected chi connectivity index (χ3v) is 9.51. The number of thioether (sulfide) groups is 1. The minimum Gasteiger partial charge on any atom is -0.456 e. The molecule has 4 aliphatic carbocycles. The number of carbonyl (C=O) groups excluding carboxylic acids is 1. The van der Waals surface area contributed by atoms with Crippen molar-refractivity contribution >= 4 is 52.7 Å². The van der Waals surface area contributed by atoms with Gasteiger partial charge in [-0.2, -0.15) is 0 Å². The smallest absolute Gasteiger partial charge is 0.266 e. The zero-order chi connectivity index (χ0) is 23.4. The van der Waals surface area contributed by atoms with Crippen LogP contribution in [0, 0.1) is 29.5 Å². The van der Waals surface area contributed by atoms with Gasteiger partial charge in [-0.3, -0.25) is 9.69 Å². The highest BCUT2D eigenvalue weighted by molar-refractivity contribution is 8.26. The van der Waals surface area contributed by atoms with Gasteiger partial charge >= 0.3 is 0 Å². The van der Waals surface area contributed by atoms with Crippen molar-refractivity contribution in [2.45, 2.75) is 51.0 Å². The lowest BCUT2D eigenvalue weighted by Gasteiger charge is -2.56. The molecule has 5 aliphatic rings. The fraction of sp³-hybridized carbons (Fsp3) is 0.481. The number of rotatable bonds is 6. The van der Waals surface area contributed by atoms with E-state index >= 15 is 0 Å². The minimum absolute atomic E-state index is 0. The van der Waals surface area contributed by atoms with E-state index in [1.54, 1.807) is 12.1 Å². The summed E-state index contributed by atoms with van der Waals surface area (Å²) in [5.74, 6) is 3.95. The van der Waals surface area contributed by atoms with Crippen molar-refractivity contribution in [1.82, 2.24) is 4.90 Å². The molecule has 186 valence electrons. The number of nitrogens with zero attached hydrogens (tertiary/aromatic N) is 1. The molecule has 1 aliphatic heterocycles. The molecule has 4 saturated carbocycles. The Hall–Kier alpha value is -1.67. The van der Waals surface area contributed by atoms with Crippen LogP contribution >= 0.6 is 36.4 Å². The van der Waals surface area contributed by atoms with Crippen molar-refractivity contribution in [3.8, 4) is 11.3 Å². The van der Waals surface area contributed by atoms with Crippen molar-refractivity contribution < 1.29 is 13.6 Å². The Morgan fingerprint density at radius 2 is 1.77 bits per heavy atom. The SMILES string of the molecule is Cl.NCCCc1cc(-c2ccc(F)cc2)oc1/C=C1\SC(=S)N(C2C3CC4CC(C3)CC2C4)C1=O. The molecular formula is C27H30ClFN2O2S2. The molecule has 0 atom stereocenters. The van der Waals surface area contributed by atoms with Crippen LogP contribution in [-0.2, 0) is 11.2 Å². The van der Waals surface area contributed by atoms with Crippen molar-refractivity contribution in [2.75, 3.05) is 6.54 Å². The van der Waals surface area contributed by atoms with Crippen LogP contribution in [0.2, 0.25) is 0 Å². The second-order valence-electron chi connectivity index (χ2n) is 10.4. The van der Waals surface area contributed by atoms with E-state index in [4.69, 9.17) is 22.4 Å². The number of benzene rings is 1. The summed E-state index contributed by atoms with van der Waals surface area (Å²) in [6.07, 6.45) is 9.80. The lowest BCUT2D eigenvalue weighted by Crippen LogP contribution is -2.57. The average molecular weight is 533 g/mol. The van der Waals surface area contributed by atoms with E-state index < -0.39 is 0 Å². The molecule has 1 amide bonds. The lowest BCUT2D eigenvalue weighted by atomic mass is 9.54. The van der Waals surface area contributed by atoms with E-state index in [9.17, 15) is 9.18 Å². The first-order valence-corrected chi connectivity index (χ1v) is 13.6. The maximum atomic E-state index is 13.6. The third kappa shape index (κ3) is 4.61. The summed E-state index contributed by atoms with van der Waals surface area (Å²) in [4.78, 5) is 16.2. The number of halogens is 2. The van der Waals surface area contributed by atoms with Gasteiger partial charge in [-0.25, -0.2) is 4.39 Å². The van der Waals surface area contributed by atoms with Crippen LogP contribution in [0.15, 0.2) is 39.7 Å². The van der Waals surface area contributed by atoms with Crippen molar-refractivity contribution in [3.63, 3.8) is 0 Å². The molecular weight excluding hydrogens is 503 g/mol. The van der Waals surface area contributed by atoms with E-state index in [0.717, 1.165) is 35.8 Å². The van der Waals surface area contributed by atoms with Gasteiger partial charge in [0.1, 0.15) is 21.7 Å². The second kappa shape index (κ2) is 10.0. The van der Waals surface area contributed by atoms with E-state index in [1.165, 1.54) is 56.0 Å². The normalized spacial score (nSPS) is 30.4. The van der Waals surface area contributed by atoms with Gasteiger partial charge in [0.05, 0.1) is 4.91 Å². The predicted molar refractivity (Wildman–Crippen MR) is 145 cm³/mol. The molecule has 2 N–H and O–H groups in total. The Morgan fingerprint density at radius 3 is 2.40 bits per heavy atom. The number of hydrogen-bond donors (Lipinski definition) is 1. The molecule has 0 spiro atoms. The fourth-order valence-corrected chi connectivity index (χ4v) is 8.30. The van der Waals surface area contributed by atoms with Gasteiger partial charge in [-0.1, -0.05) is 24.0 Å². The van der Waals surface area contributed by atoms with Crippen molar-refractivity contribution in [3.05, 3.63) is 52.4 Å². The van der Waals surface area contributed by atoms with Gasteiger partial charge in [-0.15, -0.1) is 12.4 Å². The number of amides is 1. The summed E-state index contributed by atoms with van der Waals surface area (Å²) in [5.41, 5.74) is 7.56. The van der Waals surface area contributed by atoms with Gasteiger partial charge in [-0.05, 0) is 111 Å². The Morgan fingerprint density at radius 1 is 1.11 bits per heavy atom. The molecule has 1 aromatic heterocycles. The Balaban J connectivity index is 0.00000253. The maximum absolute atomic E-state index is 13.6. The van der Waals surface area contributed by atoms with Crippen LogP contribution in [-0.4, -0.2) is 27.7 Å². The summed E-state index contributed by atoms with van der Waals surface area (Å²) in [6, 6.07) is 8.50. The zero-order valence-corrected chi connectivity index (χ0v) is 21.9. The second-order valence-corrected chi connectivity index (χ2v) is 12.0. The number of thiocarbonyl (C=S) groups is 1. The number of hydrogen-bond acceptors (Lipinski definition) is 5. The Labute approximate surface area is 221 Å². The lowest BCUT2D eigenvalue weighted by molar-refractivity contribution is -0.130. The molecule has 7 rings (SSSR count). The van der Waals surface area contributed by atoms with Gasteiger partial charge in [0.15, 0.2) is 0 Å². The molecule has 0 radical (unpaired) electrons. The summed E-state index contributed by atoms with van der Waals surface area (Å²) >= 11 is 7.15. The highest BCUT2D eigenvalue weighted by Gasteiger charge is 2.53. The van der Waals surface area contributed by atoms with Crippen LogP contribution in [0.5, 0.6) is 0 Å². The van der Waals surface area contributed by atoms with Crippen LogP contribution in [0.4, 0.5) is 4.39 Å². The van der Waals surface area contributed by atoms with Gasteiger partial charge in [0.2, 0.25) is 0 Å². The maximum Gasteiger partial charge on any atom is 0.266 e. The monoisotopic (exact) mass is 532 g/mol. The molecule has 35 heavy (non-hydrogen) atoms. The van der Waals surface area contributed by atoms with Gasteiger partial charge in [0, 0.05) is 17.7 Å². The fourth-order valence-electron chi connectivity index (χ4n) is 6.98. The highest BCUT2D eigenvalue weighted by atomic mass is 35.5. The molecule has 8 heteroatoms. The molecule has 1 saturated heterocycles. The first-order chi connectivity index (χ1) is 16.5. The first kappa shape index (κ1) is 25.0. The van der Waals surface area contributed by atoms with Crippen LogP contribution in [0.1, 0.15) is 49.8 Å². The molecule has 2 aromatic rings. The number of carbonyl (C=O) groups is 1. The summed E-state index contributed by atoms with van der Waals surface area (Å²) < 4.78 is 20.3. The largest absolute Gasteiger partial charge is 0.456 e. The predicted octanol–water partition coefficient (Wildman–Crippen LogP) is 6.42. The summed E-state index contributed by atoms with van der Waals surface area (Å²) in [6.45, 7) is 0.574. The Kier molecular flexibility index (Phi) is 7.14. The quantitative estimate of drug-likeness (QED) is 0.343. The van der Waals surface area contributed by atoms with Gasteiger partial charge < -0.3 is 10.2 Å². The van der Waals surface area contributed by atoms with E-state index in [-0.39, 0.29) is 30.2 Å². The molecule has 4 bridgehead atoms. The van der Waals surface area contributed by atoms with E-state index in [2.05, 4.69) is 0 Å². The zero-order valence-electron chi connectivity index (χ0n) is 19.5. The van der Waals surface area contributed by atoms with Crippen LogP contribution in [0.3, 0.4) is 0 Å². The third-order valence-electron chi connectivity index (χ3n) is 8.18. The molecule has 2 heterocycles. The van der Waals surface area contributed by atoms with E-state index in [0.29, 0.717) is 39.1 Å². The first-order valence-electron chi connectivity index (χ1n) is 12.4. The average Bonchev–Trinajstić information content (AvgIpc) is 3.33. The number of nitrogens with two attached hydrogens (primary N) is 1. The molecule has 0 unspecified atom stereocenters. The van der Waals surface area contributed by atoms with E-state index in [1.807, 2.05) is 17.0 Å².